The molecule has 0 spiro atoms. The molecule has 0 radical (unpaired) electrons. The molecule has 2 rings (SSSR count). The molecule has 0 saturated heterocycles. The Morgan fingerprint density at radius 2 is 2.06 bits per heavy atom. The van der Waals surface area contributed by atoms with Crippen LogP contribution in [0.15, 0.2) is 30.9 Å². The second kappa shape index (κ2) is 3.56. The quantitative estimate of drug-likeness (QED) is 0.435. The number of benzene rings is 1. The van der Waals surface area contributed by atoms with Crippen molar-refractivity contribution in [1.82, 2.24) is 0 Å². The van der Waals surface area contributed by atoms with Crippen LogP contribution in [0.3, 0.4) is 0 Å². The van der Waals surface area contributed by atoms with Crippen LogP contribution in [-0.2, 0) is 4.79 Å². The van der Waals surface area contributed by atoms with E-state index in [0.29, 0.717) is 17.2 Å². The summed E-state index contributed by atoms with van der Waals surface area (Å²) in [6, 6.07) is 4.96. The van der Waals surface area contributed by atoms with E-state index in [2.05, 4.69) is 6.58 Å². The van der Waals surface area contributed by atoms with Crippen molar-refractivity contribution in [2.45, 2.75) is 19.6 Å². The van der Waals surface area contributed by atoms with E-state index < -0.39 is 11.8 Å². The van der Waals surface area contributed by atoms with Gasteiger partial charge in [-0.3, -0.25) is 0 Å². The van der Waals surface area contributed by atoms with E-state index >= 15 is 0 Å². The summed E-state index contributed by atoms with van der Waals surface area (Å²) in [6.45, 7) is 6.94. The number of hydrogen-bond acceptors (Lipinski definition) is 4. The first-order valence-electron chi connectivity index (χ1n) is 4.86. The molecule has 1 aliphatic rings. The van der Waals surface area contributed by atoms with Gasteiger partial charge in [0.2, 0.25) is 5.79 Å². The van der Waals surface area contributed by atoms with Gasteiger partial charge in [0, 0.05) is 26.0 Å². The van der Waals surface area contributed by atoms with Crippen molar-refractivity contribution < 1.29 is 19.0 Å². The average Bonchev–Trinajstić information content (AvgIpc) is 2.51. The lowest BCUT2D eigenvalue weighted by Gasteiger charge is -2.16. The normalized spacial score (nSPS) is 15.6. The molecule has 0 unspecified atom stereocenters. The van der Waals surface area contributed by atoms with Crippen molar-refractivity contribution >= 4 is 5.97 Å². The number of carbonyl (C=O) groups excluding carboxylic acids is 1. The Morgan fingerprint density at radius 1 is 1.38 bits per heavy atom. The molecule has 0 saturated carbocycles. The first-order valence-corrected chi connectivity index (χ1v) is 4.86. The highest BCUT2D eigenvalue weighted by Crippen LogP contribution is 2.41. The molecule has 1 heterocycles. The van der Waals surface area contributed by atoms with Crippen LogP contribution in [0.25, 0.3) is 0 Å². The van der Waals surface area contributed by atoms with Crippen molar-refractivity contribution in [3.63, 3.8) is 0 Å². The van der Waals surface area contributed by atoms with Gasteiger partial charge in [-0.1, -0.05) is 6.58 Å². The number of hydrogen-bond donors (Lipinski definition) is 0. The van der Waals surface area contributed by atoms with E-state index in [-0.39, 0.29) is 0 Å². The van der Waals surface area contributed by atoms with E-state index in [4.69, 9.17) is 14.2 Å². The van der Waals surface area contributed by atoms with Gasteiger partial charge in [-0.2, -0.15) is 0 Å². The van der Waals surface area contributed by atoms with Crippen LogP contribution >= 0.6 is 0 Å². The van der Waals surface area contributed by atoms with Crippen molar-refractivity contribution in [3.05, 3.63) is 30.9 Å². The summed E-state index contributed by atoms with van der Waals surface area (Å²) in [7, 11) is 0. The predicted octanol–water partition coefficient (Wildman–Crippen LogP) is 2.29. The third-order valence-corrected chi connectivity index (χ3v) is 2.01. The number of rotatable bonds is 2. The average molecular weight is 220 g/mol. The fourth-order valence-corrected chi connectivity index (χ4v) is 1.42. The minimum Gasteiger partial charge on any atom is -0.449 e. The smallest absolute Gasteiger partial charge is 0.335 e. The second-order valence-corrected chi connectivity index (χ2v) is 3.84. The lowest BCUT2D eigenvalue weighted by Crippen LogP contribution is -2.29. The van der Waals surface area contributed by atoms with Crippen LogP contribution in [0.2, 0.25) is 0 Å². The second-order valence-electron chi connectivity index (χ2n) is 3.84. The highest BCUT2D eigenvalue weighted by Gasteiger charge is 2.31. The zero-order valence-corrected chi connectivity index (χ0v) is 9.15. The molecule has 1 aromatic rings. The molecule has 0 N–H and O–H groups in total. The Balaban J connectivity index is 2.22. The van der Waals surface area contributed by atoms with Crippen LogP contribution < -0.4 is 14.2 Å². The largest absolute Gasteiger partial charge is 0.449 e. The van der Waals surface area contributed by atoms with Gasteiger partial charge in [-0.05, 0) is 12.1 Å². The highest BCUT2D eigenvalue weighted by atomic mass is 16.7. The van der Waals surface area contributed by atoms with Gasteiger partial charge in [0.25, 0.3) is 0 Å². The molecule has 0 aromatic heterocycles. The van der Waals surface area contributed by atoms with Crippen LogP contribution in [-0.4, -0.2) is 11.8 Å². The monoisotopic (exact) mass is 220 g/mol. The Labute approximate surface area is 93.4 Å². The molecule has 16 heavy (non-hydrogen) atoms. The Bertz CT molecular complexity index is 448. The van der Waals surface area contributed by atoms with E-state index in [0.717, 1.165) is 6.08 Å². The van der Waals surface area contributed by atoms with E-state index in [1.54, 1.807) is 18.2 Å². The van der Waals surface area contributed by atoms with Gasteiger partial charge in [0.1, 0.15) is 5.75 Å². The molecule has 1 aromatic carbocycles. The Kier molecular flexibility index (Phi) is 2.34. The summed E-state index contributed by atoms with van der Waals surface area (Å²) in [6.07, 6.45) is 1.11. The maximum Gasteiger partial charge on any atom is 0.335 e. The first-order chi connectivity index (χ1) is 7.50. The number of ether oxygens (including phenoxy) is 3. The van der Waals surface area contributed by atoms with Gasteiger partial charge in [-0.25, -0.2) is 4.79 Å². The molecule has 84 valence electrons. The number of carbonyl (C=O) groups is 1. The molecule has 1 aliphatic heterocycles. The minimum atomic E-state index is -0.677. The summed E-state index contributed by atoms with van der Waals surface area (Å²) in [5.74, 6) is 0.439. The molecule has 4 nitrogen and oxygen atoms in total. The molecular formula is C12H12O4. The van der Waals surface area contributed by atoms with Crippen LogP contribution in [0, 0.1) is 0 Å². The van der Waals surface area contributed by atoms with Crippen LogP contribution in [0.5, 0.6) is 17.2 Å². The lowest BCUT2D eigenvalue weighted by molar-refractivity contribution is -0.128. The molecule has 0 fully saturated rings. The summed E-state index contributed by atoms with van der Waals surface area (Å²) in [4.78, 5) is 11.0. The van der Waals surface area contributed by atoms with Gasteiger partial charge < -0.3 is 14.2 Å². The van der Waals surface area contributed by atoms with Gasteiger partial charge in [0.05, 0.1) is 0 Å². The predicted molar refractivity (Wildman–Crippen MR) is 57.6 cm³/mol. The molecule has 0 bridgehead atoms. The van der Waals surface area contributed by atoms with Crippen molar-refractivity contribution in [3.8, 4) is 17.2 Å². The molecule has 0 atom stereocenters. The van der Waals surface area contributed by atoms with Crippen molar-refractivity contribution in [2.75, 3.05) is 0 Å². The summed E-state index contributed by atoms with van der Waals surface area (Å²) in [5, 5.41) is 0. The fraction of sp³-hybridized carbons (Fsp3) is 0.250. The molecule has 0 amide bonds. The van der Waals surface area contributed by atoms with E-state index in [9.17, 15) is 4.79 Å². The highest BCUT2D eigenvalue weighted by molar-refractivity contribution is 5.83. The van der Waals surface area contributed by atoms with Crippen molar-refractivity contribution in [1.29, 1.82) is 0 Å². The maximum atomic E-state index is 11.0. The topological polar surface area (TPSA) is 44.8 Å². The zero-order chi connectivity index (χ0) is 11.8. The Hall–Kier alpha value is -1.97. The lowest BCUT2D eigenvalue weighted by atomic mass is 10.3. The molecule has 0 aliphatic carbocycles. The minimum absolute atomic E-state index is 0.407. The number of fused-ring (bicyclic) bond motifs is 1. The Morgan fingerprint density at radius 3 is 2.75 bits per heavy atom. The number of esters is 1. The van der Waals surface area contributed by atoms with Crippen molar-refractivity contribution in [2.24, 2.45) is 0 Å². The molecular weight excluding hydrogens is 208 g/mol. The van der Waals surface area contributed by atoms with Gasteiger partial charge >= 0.3 is 5.97 Å². The summed E-state index contributed by atoms with van der Waals surface area (Å²) in [5.41, 5.74) is 0. The van der Waals surface area contributed by atoms with Gasteiger partial charge in [0.15, 0.2) is 11.5 Å². The first kappa shape index (κ1) is 10.5. The standard InChI is InChI=1S/C12H12O4/c1-4-11(13)14-8-5-6-9-10(7-8)16-12(2,3)15-9/h4-7H,1H2,2-3H3. The SMILES string of the molecule is C=CC(=O)Oc1ccc2c(c1)OC(C)(C)O2. The zero-order valence-electron chi connectivity index (χ0n) is 9.15. The fourth-order valence-electron chi connectivity index (χ4n) is 1.42. The van der Waals surface area contributed by atoms with E-state index in [1.165, 1.54) is 0 Å². The molecule has 4 heteroatoms. The third-order valence-electron chi connectivity index (χ3n) is 2.01. The third kappa shape index (κ3) is 2.00. The van der Waals surface area contributed by atoms with E-state index in [1.807, 2.05) is 13.8 Å². The van der Waals surface area contributed by atoms with Gasteiger partial charge in [-0.15, -0.1) is 0 Å². The summed E-state index contributed by atoms with van der Waals surface area (Å²) >= 11 is 0. The summed E-state index contributed by atoms with van der Waals surface area (Å²) < 4.78 is 16.0. The van der Waals surface area contributed by atoms with Crippen LogP contribution in [0.4, 0.5) is 0 Å². The van der Waals surface area contributed by atoms with Crippen LogP contribution in [0.1, 0.15) is 13.8 Å². The maximum absolute atomic E-state index is 11.0.